The van der Waals surface area contributed by atoms with Crippen molar-refractivity contribution in [2.24, 2.45) is 0 Å². The van der Waals surface area contributed by atoms with Crippen LogP contribution in [0.5, 0.6) is 5.75 Å². The van der Waals surface area contributed by atoms with Crippen LogP contribution in [0.2, 0.25) is 0 Å². The maximum Gasteiger partial charge on any atom is 0.264 e. The number of ether oxygens (including phenoxy) is 1. The van der Waals surface area contributed by atoms with Gasteiger partial charge in [-0.3, -0.25) is 13.9 Å². The van der Waals surface area contributed by atoms with Gasteiger partial charge in [0.25, 0.3) is 10.0 Å². The smallest absolute Gasteiger partial charge is 0.264 e. The number of carbonyl (C=O) groups is 2. The number of nitrogens with zero attached hydrogens (tertiary/aromatic N) is 2. The highest BCUT2D eigenvalue weighted by molar-refractivity contribution is 7.92. The van der Waals surface area contributed by atoms with E-state index in [1.165, 1.54) is 29.2 Å². The average molecular weight is 584 g/mol. The molecule has 0 aromatic heterocycles. The van der Waals surface area contributed by atoms with E-state index in [1.54, 1.807) is 55.5 Å². The molecule has 3 aromatic rings. The van der Waals surface area contributed by atoms with E-state index in [0.717, 1.165) is 9.87 Å². The zero-order valence-corrected chi connectivity index (χ0v) is 24.8. The average Bonchev–Trinajstić information content (AvgIpc) is 2.96. The van der Waals surface area contributed by atoms with Gasteiger partial charge in [-0.05, 0) is 80.8 Å². The van der Waals surface area contributed by atoms with Crippen molar-refractivity contribution < 1.29 is 27.1 Å². The van der Waals surface area contributed by atoms with Gasteiger partial charge in [0.1, 0.15) is 24.2 Å². The van der Waals surface area contributed by atoms with Crippen molar-refractivity contribution in [1.82, 2.24) is 10.2 Å². The monoisotopic (exact) mass is 583 g/mol. The molecular weight excluding hydrogens is 545 g/mol. The number of amides is 2. The van der Waals surface area contributed by atoms with Crippen LogP contribution in [0.25, 0.3) is 0 Å². The van der Waals surface area contributed by atoms with Gasteiger partial charge in [-0.25, -0.2) is 12.8 Å². The van der Waals surface area contributed by atoms with Crippen LogP contribution < -0.4 is 14.4 Å². The molecule has 1 N–H and O–H groups in total. The topological polar surface area (TPSA) is 96.0 Å². The molecule has 0 radical (unpaired) electrons. The Labute approximate surface area is 242 Å². The van der Waals surface area contributed by atoms with Gasteiger partial charge in [0.05, 0.1) is 17.2 Å². The third-order valence-electron chi connectivity index (χ3n) is 6.52. The summed E-state index contributed by atoms with van der Waals surface area (Å²) in [5, 5.41) is 2.84. The molecule has 41 heavy (non-hydrogen) atoms. The van der Waals surface area contributed by atoms with Gasteiger partial charge < -0.3 is 15.0 Å². The van der Waals surface area contributed by atoms with Crippen molar-refractivity contribution in [2.75, 3.05) is 24.0 Å². The number of aryl methyl sites for hydroxylation is 1. The van der Waals surface area contributed by atoms with Gasteiger partial charge in [0.15, 0.2) is 0 Å². The van der Waals surface area contributed by atoms with Gasteiger partial charge in [-0.15, -0.1) is 0 Å². The number of hydrogen-bond acceptors (Lipinski definition) is 5. The summed E-state index contributed by atoms with van der Waals surface area (Å²) in [5.74, 6) is -0.770. The maximum absolute atomic E-state index is 14.0. The summed E-state index contributed by atoms with van der Waals surface area (Å²) in [7, 11) is -4.18. The number of hydrogen-bond donors (Lipinski definition) is 1. The third-order valence-corrected chi connectivity index (χ3v) is 8.31. The Bertz CT molecular complexity index is 1400. The fraction of sp³-hybridized carbons (Fsp3) is 0.355. The Morgan fingerprint density at radius 3 is 2.12 bits per heavy atom. The Morgan fingerprint density at radius 2 is 1.56 bits per heavy atom. The fourth-order valence-electron chi connectivity index (χ4n) is 4.31. The van der Waals surface area contributed by atoms with E-state index in [-0.39, 0.29) is 23.0 Å². The van der Waals surface area contributed by atoms with Crippen LogP contribution in [-0.2, 0) is 26.2 Å². The lowest BCUT2D eigenvalue weighted by molar-refractivity contribution is -0.140. The molecule has 1 atom stereocenters. The van der Waals surface area contributed by atoms with E-state index < -0.39 is 34.3 Å². The van der Waals surface area contributed by atoms with Crippen molar-refractivity contribution >= 4 is 27.5 Å². The number of benzene rings is 3. The summed E-state index contributed by atoms with van der Waals surface area (Å²) >= 11 is 0. The molecule has 2 amide bonds. The third kappa shape index (κ3) is 8.29. The first-order valence-electron chi connectivity index (χ1n) is 13.7. The largest absolute Gasteiger partial charge is 0.494 e. The zero-order valence-electron chi connectivity index (χ0n) is 24.0. The molecule has 0 unspecified atom stereocenters. The number of sulfonamides is 1. The Morgan fingerprint density at radius 1 is 0.927 bits per heavy atom. The molecule has 0 heterocycles. The zero-order chi connectivity index (χ0) is 30.0. The van der Waals surface area contributed by atoms with E-state index in [9.17, 15) is 22.4 Å². The van der Waals surface area contributed by atoms with Crippen molar-refractivity contribution in [3.63, 3.8) is 0 Å². The van der Waals surface area contributed by atoms with Crippen LogP contribution in [0.3, 0.4) is 0 Å². The van der Waals surface area contributed by atoms with Crippen LogP contribution in [0.4, 0.5) is 10.1 Å². The number of nitrogens with one attached hydrogen (secondary N) is 1. The minimum Gasteiger partial charge on any atom is -0.494 e. The van der Waals surface area contributed by atoms with Crippen LogP contribution in [-0.4, -0.2) is 50.9 Å². The second-order valence-corrected chi connectivity index (χ2v) is 11.5. The highest BCUT2D eigenvalue weighted by Gasteiger charge is 2.33. The van der Waals surface area contributed by atoms with Crippen molar-refractivity contribution in [3.05, 3.63) is 89.7 Å². The molecule has 3 aromatic carbocycles. The van der Waals surface area contributed by atoms with Gasteiger partial charge in [0, 0.05) is 13.1 Å². The molecule has 0 bridgehead atoms. The quantitative estimate of drug-likeness (QED) is 0.286. The molecule has 0 aliphatic carbocycles. The SMILES string of the molecule is CCCNC(=O)[C@H](CC)N(Cc1ccc(F)cc1)C(=O)CN(c1ccc(OCC)cc1)S(=O)(=O)c1ccc(C)cc1. The van der Waals surface area contributed by atoms with E-state index in [1.807, 2.05) is 20.8 Å². The van der Waals surface area contributed by atoms with E-state index in [0.29, 0.717) is 37.3 Å². The molecule has 3 rings (SSSR count). The number of carbonyl (C=O) groups excluding carboxylic acids is 2. The van der Waals surface area contributed by atoms with Gasteiger partial charge in [0.2, 0.25) is 11.8 Å². The molecule has 0 aliphatic rings. The standard InChI is InChI=1S/C31H38FN3O5S/c1-5-20-33-31(37)29(6-2)34(21-24-10-12-25(32)13-11-24)30(36)22-35(26-14-16-27(17-15-26)40-7-3)41(38,39)28-18-8-23(4)9-19-28/h8-19,29H,5-7,20-22H2,1-4H3,(H,33,37)/t29-/m0/s1. The first kappa shape index (κ1) is 31.6. The predicted molar refractivity (Wildman–Crippen MR) is 158 cm³/mol. The molecule has 10 heteroatoms. The molecule has 0 saturated heterocycles. The second-order valence-electron chi connectivity index (χ2n) is 9.61. The van der Waals surface area contributed by atoms with E-state index >= 15 is 0 Å². The first-order chi connectivity index (χ1) is 19.6. The molecule has 0 spiro atoms. The summed E-state index contributed by atoms with van der Waals surface area (Å²) in [5.41, 5.74) is 1.77. The fourth-order valence-corrected chi connectivity index (χ4v) is 5.73. The summed E-state index contributed by atoms with van der Waals surface area (Å²) in [6.07, 6.45) is 1.02. The van der Waals surface area contributed by atoms with Crippen molar-refractivity contribution in [2.45, 2.75) is 58.0 Å². The first-order valence-corrected chi connectivity index (χ1v) is 15.2. The molecule has 220 valence electrons. The maximum atomic E-state index is 14.0. The summed E-state index contributed by atoms with van der Waals surface area (Å²) in [6.45, 7) is 7.74. The number of rotatable bonds is 14. The van der Waals surface area contributed by atoms with Gasteiger partial charge in [-0.1, -0.05) is 43.7 Å². The summed E-state index contributed by atoms with van der Waals surface area (Å²) in [4.78, 5) is 28.5. The molecule has 0 fully saturated rings. The van der Waals surface area contributed by atoms with E-state index in [4.69, 9.17) is 4.74 Å². The van der Waals surface area contributed by atoms with E-state index in [2.05, 4.69) is 5.32 Å². The minimum atomic E-state index is -4.18. The lowest BCUT2D eigenvalue weighted by Gasteiger charge is -2.33. The lowest BCUT2D eigenvalue weighted by atomic mass is 10.1. The van der Waals surface area contributed by atoms with Gasteiger partial charge in [-0.2, -0.15) is 0 Å². The molecule has 0 saturated carbocycles. The molecule has 0 aliphatic heterocycles. The summed E-state index contributed by atoms with van der Waals surface area (Å²) in [6, 6.07) is 17.6. The molecular formula is C31H38FN3O5S. The van der Waals surface area contributed by atoms with Crippen LogP contribution in [0.15, 0.2) is 77.7 Å². The number of halogens is 1. The minimum absolute atomic E-state index is 0.00113. The normalized spacial score (nSPS) is 11.9. The van der Waals surface area contributed by atoms with Gasteiger partial charge >= 0.3 is 0 Å². The number of anilines is 1. The molecule has 8 nitrogen and oxygen atoms in total. The van der Waals surface area contributed by atoms with Crippen LogP contribution >= 0.6 is 0 Å². The van der Waals surface area contributed by atoms with Crippen LogP contribution in [0.1, 0.15) is 44.7 Å². The highest BCUT2D eigenvalue weighted by Crippen LogP contribution is 2.27. The predicted octanol–water partition coefficient (Wildman–Crippen LogP) is 5.06. The Hall–Kier alpha value is -3.92. The summed E-state index contributed by atoms with van der Waals surface area (Å²) < 4.78 is 48.0. The Kier molecular flexibility index (Phi) is 11.3. The lowest BCUT2D eigenvalue weighted by Crippen LogP contribution is -2.52. The Balaban J connectivity index is 2.04. The van der Waals surface area contributed by atoms with Crippen molar-refractivity contribution in [3.8, 4) is 5.75 Å². The highest BCUT2D eigenvalue weighted by atomic mass is 32.2. The van der Waals surface area contributed by atoms with Crippen molar-refractivity contribution in [1.29, 1.82) is 0 Å². The second kappa shape index (κ2) is 14.6. The van der Waals surface area contributed by atoms with Crippen LogP contribution in [0, 0.1) is 12.7 Å².